The van der Waals surface area contributed by atoms with E-state index in [0.29, 0.717) is 17.9 Å². The van der Waals surface area contributed by atoms with Crippen molar-refractivity contribution in [2.24, 2.45) is 0 Å². The van der Waals surface area contributed by atoms with Crippen LogP contribution in [0.2, 0.25) is 0 Å². The predicted octanol–water partition coefficient (Wildman–Crippen LogP) is 3.59. The van der Waals surface area contributed by atoms with Gasteiger partial charge in [0.2, 0.25) is 0 Å². The van der Waals surface area contributed by atoms with Crippen LogP contribution in [-0.2, 0) is 13.1 Å². The second-order valence-electron chi connectivity index (χ2n) is 5.46. The second kappa shape index (κ2) is 6.80. The van der Waals surface area contributed by atoms with Crippen molar-refractivity contribution in [1.82, 2.24) is 9.47 Å². The maximum absolute atomic E-state index is 12.9. The first-order valence-corrected chi connectivity index (χ1v) is 8.20. The number of aryl methyl sites for hydroxylation is 1. The standard InChI is InChI=1S/C16H23N3OS/c1-4-7-18-10-13(17)9-15(18)16(20)19(12(2)3)11-14-6-5-8-21-14/h5-6,8-10,12H,4,7,11,17H2,1-3H3. The zero-order valence-corrected chi connectivity index (χ0v) is 13.7. The van der Waals surface area contributed by atoms with E-state index in [0.717, 1.165) is 13.0 Å². The third-order valence-electron chi connectivity index (χ3n) is 3.39. The van der Waals surface area contributed by atoms with Crippen molar-refractivity contribution in [2.75, 3.05) is 5.73 Å². The summed E-state index contributed by atoms with van der Waals surface area (Å²) in [5, 5.41) is 2.04. The van der Waals surface area contributed by atoms with Gasteiger partial charge in [-0.15, -0.1) is 11.3 Å². The molecule has 2 aromatic heterocycles. The normalized spacial score (nSPS) is 11.0. The van der Waals surface area contributed by atoms with Crippen LogP contribution in [0.15, 0.2) is 29.8 Å². The van der Waals surface area contributed by atoms with Crippen molar-refractivity contribution >= 4 is 22.9 Å². The minimum Gasteiger partial charge on any atom is -0.397 e. The summed E-state index contributed by atoms with van der Waals surface area (Å²) < 4.78 is 1.96. The van der Waals surface area contributed by atoms with Crippen molar-refractivity contribution in [1.29, 1.82) is 0 Å². The zero-order chi connectivity index (χ0) is 15.4. The molecule has 0 aliphatic carbocycles. The SMILES string of the molecule is CCCn1cc(N)cc1C(=O)N(Cc1cccs1)C(C)C. The molecule has 5 heteroatoms. The minimum absolute atomic E-state index is 0.0450. The molecule has 0 aromatic carbocycles. The van der Waals surface area contributed by atoms with Crippen molar-refractivity contribution in [2.45, 2.75) is 46.3 Å². The number of hydrogen-bond donors (Lipinski definition) is 1. The van der Waals surface area contributed by atoms with Gasteiger partial charge in [0.1, 0.15) is 5.69 Å². The molecule has 1 amide bonds. The van der Waals surface area contributed by atoms with E-state index in [9.17, 15) is 4.79 Å². The third kappa shape index (κ3) is 3.67. The average molecular weight is 305 g/mol. The lowest BCUT2D eigenvalue weighted by molar-refractivity contribution is 0.0681. The van der Waals surface area contributed by atoms with Gasteiger partial charge >= 0.3 is 0 Å². The van der Waals surface area contributed by atoms with E-state index < -0.39 is 0 Å². The van der Waals surface area contributed by atoms with Gasteiger partial charge in [0.25, 0.3) is 5.91 Å². The molecule has 0 saturated heterocycles. The Morgan fingerprint density at radius 1 is 1.48 bits per heavy atom. The summed E-state index contributed by atoms with van der Waals surface area (Å²) in [5.74, 6) is 0.0450. The summed E-state index contributed by atoms with van der Waals surface area (Å²) in [6, 6.07) is 6.00. The number of rotatable bonds is 6. The topological polar surface area (TPSA) is 51.3 Å². The van der Waals surface area contributed by atoms with Gasteiger partial charge in [-0.25, -0.2) is 0 Å². The second-order valence-corrected chi connectivity index (χ2v) is 6.49. The molecule has 0 spiro atoms. The highest BCUT2D eigenvalue weighted by Gasteiger charge is 2.22. The fourth-order valence-corrected chi connectivity index (χ4v) is 3.05. The zero-order valence-electron chi connectivity index (χ0n) is 12.9. The van der Waals surface area contributed by atoms with E-state index >= 15 is 0 Å². The third-order valence-corrected chi connectivity index (χ3v) is 4.25. The number of carbonyl (C=O) groups excluding carboxylic acids is 1. The Bertz CT molecular complexity index is 587. The maximum Gasteiger partial charge on any atom is 0.271 e. The van der Waals surface area contributed by atoms with Crippen molar-refractivity contribution in [3.05, 3.63) is 40.3 Å². The lowest BCUT2D eigenvalue weighted by Crippen LogP contribution is -2.37. The van der Waals surface area contributed by atoms with Crippen LogP contribution in [0.5, 0.6) is 0 Å². The first kappa shape index (κ1) is 15.6. The molecule has 4 nitrogen and oxygen atoms in total. The maximum atomic E-state index is 12.9. The van der Waals surface area contributed by atoms with E-state index in [1.165, 1.54) is 4.88 Å². The number of nitrogen functional groups attached to an aromatic ring is 1. The average Bonchev–Trinajstić information content (AvgIpc) is 3.05. The highest BCUT2D eigenvalue weighted by atomic mass is 32.1. The van der Waals surface area contributed by atoms with Crippen LogP contribution in [0.1, 0.15) is 42.6 Å². The quantitative estimate of drug-likeness (QED) is 0.886. The Morgan fingerprint density at radius 2 is 2.24 bits per heavy atom. The molecule has 0 unspecified atom stereocenters. The van der Waals surface area contributed by atoms with Crippen LogP contribution in [0.25, 0.3) is 0 Å². The molecule has 2 aromatic rings. The van der Waals surface area contributed by atoms with Crippen molar-refractivity contribution in [3.63, 3.8) is 0 Å². The van der Waals surface area contributed by atoms with Gasteiger partial charge in [0, 0.05) is 23.7 Å². The molecule has 114 valence electrons. The number of anilines is 1. The summed E-state index contributed by atoms with van der Waals surface area (Å²) in [7, 11) is 0. The predicted molar refractivity (Wildman–Crippen MR) is 88.5 cm³/mol. The molecule has 0 bridgehead atoms. The number of nitrogens with two attached hydrogens (primary N) is 1. The molecule has 0 saturated carbocycles. The van der Waals surface area contributed by atoms with Crippen LogP contribution in [-0.4, -0.2) is 21.4 Å². The van der Waals surface area contributed by atoms with Gasteiger partial charge < -0.3 is 15.2 Å². The molecule has 0 atom stereocenters. The van der Waals surface area contributed by atoms with Gasteiger partial charge in [-0.1, -0.05) is 13.0 Å². The lowest BCUT2D eigenvalue weighted by atomic mass is 10.2. The molecule has 0 aliphatic heterocycles. The highest BCUT2D eigenvalue weighted by Crippen LogP contribution is 2.19. The Balaban J connectivity index is 2.26. The largest absolute Gasteiger partial charge is 0.397 e. The monoisotopic (exact) mass is 305 g/mol. The Labute approximate surface area is 130 Å². The van der Waals surface area contributed by atoms with E-state index in [1.54, 1.807) is 17.4 Å². The molecule has 21 heavy (non-hydrogen) atoms. The van der Waals surface area contributed by atoms with Crippen LogP contribution >= 0.6 is 11.3 Å². The lowest BCUT2D eigenvalue weighted by Gasteiger charge is -2.26. The summed E-state index contributed by atoms with van der Waals surface area (Å²) >= 11 is 1.68. The number of aromatic nitrogens is 1. The molecule has 2 rings (SSSR count). The molecule has 0 radical (unpaired) electrons. The number of amides is 1. The van der Waals surface area contributed by atoms with Gasteiger partial charge in [0.05, 0.1) is 12.2 Å². The fourth-order valence-electron chi connectivity index (χ4n) is 2.34. The van der Waals surface area contributed by atoms with Crippen molar-refractivity contribution < 1.29 is 4.79 Å². The van der Waals surface area contributed by atoms with Crippen LogP contribution in [0, 0.1) is 0 Å². The summed E-state index contributed by atoms with van der Waals surface area (Å²) in [6.45, 7) is 7.63. The first-order valence-electron chi connectivity index (χ1n) is 7.32. The Hall–Kier alpha value is -1.75. The minimum atomic E-state index is 0.0450. The van der Waals surface area contributed by atoms with Crippen LogP contribution in [0.4, 0.5) is 5.69 Å². The van der Waals surface area contributed by atoms with E-state index in [1.807, 2.05) is 41.0 Å². The number of hydrogen-bond acceptors (Lipinski definition) is 3. The molecular weight excluding hydrogens is 282 g/mol. The molecule has 0 aliphatic rings. The molecule has 0 fully saturated rings. The molecule has 2 heterocycles. The van der Waals surface area contributed by atoms with Gasteiger partial charge in [-0.2, -0.15) is 0 Å². The van der Waals surface area contributed by atoms with Gasteiger partial charge in [-0.05, 0) is 37.8 Å². The summed E-state index contributed by atoms with van der Waals surface area (Å²) in [5.41, 5.74) is 7.20. The molecule has 2 N–H and O–H groups in total. The van der Waals surface area contributed by atoms with Gasteiger partial charge in [-0.3, -0.25) is 4.79 Å². The fraction of sp³-hybridized carbons (Fsp3) is 0.438. The Morgan fingerprint density at radius 3 is 2.81 bits per heavy atom. The van der Waals surface area contributed by atoms with E-state index in [-0.39, 0.29) is 11.9 Å². The first-order chi connectivity index (χ1) is 10.0. The van der Waals surface area contributed by atoms with Crippen LogP contribution in [0.3, 0.4) is 0 Å². The number of carbonyl (C=O) groups is 1. The smallest absolute Gasteiger partial charge is 0.271 e. The Kier molecular flexibility index (Phi) is 5.07. The number of nitrogens with zero attached hydrogens (tertiary/aromatic N) is 2. The van der Waals surface area contributed by atoms with E-state index in [4.69, 9.17) is 5.73 Å². The van der Waals surface area contributed by atoms with Gasteiger partial charge in [0.15, 0.2) is 0 Å². The van der Waals surface area contributed by atoms with Crippen molar-refractivity contribution in [3.8, 4) is 0 Å². The van der Waals surface area contributed by atoms with Crippen LogP contribution < -0.4 is 5.73 Å². The van der Waals surface area contributed by atoms with E-state index in [2.05, 4.69) is 13.0 Å². The summed E-state index contributed by atoms with van der Waals surface area (Å²) in [6.07, 6.45) is 2.82. The summed E-state index contributed by atoms with van der Waals surface area (Å²) in [4.78, 5) is 16.0. The highest BCUT2D eigenvalue weighted by molar-refractivity contribution is 7.09. The molecular formula is C16H23N3OS. The number of thiophene rings is 1.